The maximum Gasteiger partial charge on any atom is 0.305 e. The average molecular weight is 655 g/mol. The van der Waals surface area contributed by atoms with Gasteiger partial charge in [-0.2, -0.15) is 0 Å². The van der Waals surface area contributed by atoms with Crippen LogP contribution in [0, 0.1) is 10.7 Å². The quantitative estimate of drug-likeness (QED) is 0.377. The molecule has 0 saturated heterocycles. The molecule has 1 rings (SSSR count). The van der Waals surface area contributed by atoms with Gasteiger partial charge in [0, 0.05) is 27.7 Å². The van der Waals surface area contributed by atoms with Gasteiger partial charge in [0.25, 0.3) is 5.91 Å². The van der Waals surface area contributed by atoms with Gasteiger partial charge < -0.3 is 14.9 Å². The van der Waals surface area contributed by atoms with Crippen molar-refractivity contribution in [1.29, 1.82) is 0 Å². The van der Waals surface area contributed by atoms with Gasteiger partial charge in [0.1, 0.15) is 0 Å². The molecule has 0 atom stereocenters. The smallest absolute Gasteiger partial charge is 0.305 e. The third kappa shape index (κ3) is 4.67. The zero-order valence-electron chi connectivity index (χ0n) is 12.9. The van der Waals surface area contributed by atoms with Gasteiger partial charge in [0.2, 0.25) is 0 Å². The number of rotatable bonds is 6. The minimum atomic E-state index is -0.931. The molecule has 9 heteroatoms. The number of carboxylic acids is 1. The summed E-state index contributed by atoms with van der Waals surface area (Å²) < 4.78 is 2.48. The number of aliphatic imine (C=N–C) groups is 1. The Morgan fingerprint density at radius 3 is 2.13 bits per heavy atom. The molecule has 0 saturated carbocycles. The van der Waals surface area contributed by atoms with Crippen molar-refractivity contribution in [2.45, 2.75) is 6.42 Å². The number of carbonyl (C=O) groups excluding carboxylic acids is 1. The lowest BCUT2D eigenvalue weighted by Crippen LogP contribution is -2.31. The monoisotopic (exact) mass is 655 g/mol. The van der Waals surface area contributed by atoms with Gasteiger partial charge in [-0.05, 0) is 74.5 Å². The molecule has 0 bridgehead atoms. The third-order valence-corrected chi connectivity index (χ3v) is 6.22. The predicted molar refractivity (Wildman–Crippen MR) is 117 cm³/mol. The van der Waals surface area contributed by atoms with E-state index >= 15 is 0 Å². The van der Waals surface area contributed by atoms with Gasteiger partial charge in [-0.15, -0.1) is 0 Å². The van der Waals surface area contributed by atoms with Gasteiger partial charge in [-0.25, -0.2) is 0 Å². The van der Waals surface area contributed by atoms with E-state index in [1.807, 2.05) is 19.0 Å². The van der Waals surface area contributed by atoms with Gasteiger partial charge in [0.15, 0.2) is 0 Å². The summed E-state index contributed by atoms with van der Waals surface area (Å²) in [6.45, 7) is 3.76. The van der Waals surface area contributed by atoms with Crippen LogP contribution in [0.3, 0.4) is 0 Å². The van der Waals surface area contributed by atoms with E-state index in [1.165, 1.54) is 4.90 Å². The molecule has 0 aliphatic carbocycles. The summed E-state index contributed by atoms with van der Waals surface area (Å²) in [5.41, 5.74) is 2.11. The number of hydrogen-bond donors (Lipinski definition) is 1. The largest absolute Gasteiger partial charge is 0.481 e. The molecular weight excluding hydrogens is 639 g/mol. The van der Waals surface area contributed by atoms with Crippen LogP contribution in [0.1, 0.15) is 16.8 Å². The lowest BCUT2D eigenvalue weighted by Gasteiger charge is -2.24. The highest BCUT2D eigenvalue weighted by Gasteiger charge is 2.27. The van der Waals surface area contributed by atoms with Crippen LogP contribution in [0.15, 0.2) is 4.99 Å². The lowest BCUT2D eigenvalue weighted by molar-refractivity contribution is -0.137. The van der Waals surface area contributed by atoms with Crippen molar-refractivity contribution < 1.29 is 14.7 Å². The van der Waals surface area contributed by atoms with Crippen molar-refractivity contribution in [3.05, 3.63) is 16.3 Å². The highest BCUT2D eigenvalue weighted by Crippen LogP contribution is 2.41. The van der Waals surface area contributed by atoms with Gasteiger partial charge in [0.05, 0.1) is 34.1 Å². The van der Waals surface area contributed by atoms with Crippen molar-refractivity contribution in [3.63, 3.8) is 0 Å². The standard InChI is InChI=1S/C14H16I3N3O3/c1-18-12-9(15)8(10(16)13(11(12)17)19(2)3)14(23)20(4)6-5-7(21)22/h1,5-6H2,2-4H3,(H,21,22). The van der Waals surface area contributed by atoms with E-state index in [0.717, 1.165) is 16.4 Å². The first-order valence-corrected chi connectivity index (χ1v) is 9.68. The molecule has 0 aliphatic heterocycles. The maximum atomic E-state index is 12.8. The highest BCUT2D eigenvalue weighted by molar-refractivity contribution is 14.1. The Morgan fingerprint density at radius 2 is 1.70 bits per heavy atom. The van der Waals surface area contributed by atoms with Crippen molar-refractivity contribution >= 4 is 97.7 Å². The molecule has 6 nitrogen and oxygen atoms in total. The number of carboxylic acid groups (broad SMARTS) is 1. The molecule has 0 radical (unpaired) electrons. The second kappa shape index (κ2) is 8.78. The summed E-state index contributed by atoms with van der Waals surface area (Å²) >= 11 is 6.45. The van der Waals surface area contributed by atoms with Crippen LogP contribution in [0.5, 0.6) is 0 Å². The molecule has 1 aromatic carbocycles. The summed E-state index contributed by atoms with van der Waals surface area (Å²) in [4.78, 5) is 30.9. The van der Waals surface area contributed by atoms with Crippen LogP contribution >= 0.6 is 67.8 Å². The zero-order valence-corrected chi connectivity index (χ0v) is 19.3. The number of anilines is 1. The molecule has 126 valence electrons. The summed E-state index contributed by atoms with van der Waals surface area (Å²) in [7, 11) is 5.41. The van der Waals surface area contributed by atoms with Gasteiger partial charge in [-0.1, -0.05) is 0 Å². The summed E-state index contributed by atoms with van der Waals surface area (Å²) in [5.74, 6) is -1.15. The number of hydrogen-bond acceptors (Lipinski definition) is 4. The van der Waals surface area contributed by atoms with E-state index in [2.05, 4.69) is 79.5 Å². The third-order valence-electron chi connectivity index (χ3n) is 3.10. The molecule has 1 aromatic rings. The number of halogens is 3. The lowest BCUT2D eigenvalue weighted by atomic mass is 10.1. The summed E-state index contributed by atoms with van der Waals surface area (Å²) in [5, 5.41) is 8.79. The molecule has 23 heavy (non-hydrogen) atoms. The first-order valence-electron chi connectivity index (χ1n) is 6.45. The SMILES string of the molecule is C=Nc1c(I)c(C(=O)N(C)CCC(=O)O)c(I)c(N(C)C)c1I. The van der Waals surface area contributed by atoms with Crippen LogP contribution in [0.25, 0.3) is 0 Å². The fourth-order valence-corrected chi connectivity index (χ4v) is 6.85. The second-order valence-corrected chi connectivity index (χ2v) is 8.17. The molecule has 0 aromatic heterocycles. The molecule has 0 fully saturated rings. The van der Waals surface area contributed by atoms with E-state index in [4.69, 9.17) is 5.11 Å². The number of carbonyl (C=O) groups is 2. The molecule has 0 heterocycles. The Labute approximate surface area is 176 Å². The van der Waals surface area contributed by atoms with E-state index in [-0.39, 0.29) is 18.9 Å². The van der Waals surface area contributed by atoms with Gasteiger partial charge >= 0.3 is 5.97 Å². The van der Waals surface area contributed by atoms with Crippen LogP contribution < -0.4 is 4.90 Å². The molecule has 0 spiro atoms. The Kier molecular flexibility index (Phi) is 7.97. The second-order valence-electron chi connectivity index (χ2n) is 4.94. The fraction of sp³-hybridized carbons (Fsp3) is 0.357. The summed E-state index contributed by atoms with van der Waals surface area (Å²) in [6, 6.07) is 0. The van der Waals surface area contributed by atoms with E-state index in [1.54, 1.807) is 7.05 Å². The van der Waals surface area contributed by atoms with E-state index < -0.39 is 5.97 Å². The Hall–Kier alpha value is -0.180. The minimum absolute atomic E-state index is 0.0904. The first-order chi connectivity index (χ1) is 10.6. The van der Waals surface area contributed by atoms with Crippen molar-refractivity contribution in [2.75, 3.05) is 32.6 Å². The zero-order chi connectivity index (χ0) is 17.9. The Balaban J connectivity index is 3.46. The fourth-order valence-electron chi connectivity index (χ4n) is 1.91. The van der Waals surface area contributed by atoms with Crippen molar-refractivity contribution in [3.8, 4) is 0 Å². The van der Waals surface area contributed by atoms with Gasteiger partial charge in [-0.3, -0.25) is 14.6 Å². The van der Waals surface area contributed by atoms with Crippen molar-refractivity contribution in [2.24, 2.45) is 4.99 Å². The first kappa shape index (κ1) is 20.9. The minimum Gasteiger partial charge on any atom is -0.481 e. The van der Waals surface area contributed by atoms with E-state index in [9.17, 15) is 9.59 Å². The highest BCUT2D eigenvalue weighted by atomic mass is 127. The molecule has 1 amide bonds. The average Bonchev–Trinajstić information content (AvgIpc) is 2.44. The number of nitrogens with zero attached hydrogens (tertiary/aromatic N) is 3. The van der Waals surface area contributed by atoms with Crippen molar-refractivity contribution in [1.82, 2.24) is 4.90 Å². The molecular formula is C14H16I3N3O3. The van der Waals surface area contributed by atoms with E-state index in [0.29, 0.717) is 11.3 Å². The van der Waals surface area contributed by atoms with Crippen LogP contribution in [-0.2, 0) is 4.79 Å². The normalized spacial score (nSPS) is 10.3. The maximum absolute atomic E-state index is 12.8. The molecule has 1 N–H and O–H groups in total. The van der Waals surface area contributed by atoms with Crippen LogP contribution in [0.2, 0.25) is 0 Å². The number of aliphatic carboxylic acids is 1. The predicted octanol–water partition coefficient (Wildman–Crippen LogP) is 3.45. The Bertz CT molecular complexity index is 663. The molecule has 0 aliphatic rings. The van der Waals surface area contributed by atoms with Crippen LogP contribution in [-0.4, -0.2) is 56.3 Å². The summed E-state index contributed by atoms with van der Waals surface area (Å²) in [6.07, 6.45) is -0.0904. The molecule has 0 unspecified atom stereocenters. The van der Waals surface area contributed by atoms with Crippen LogP contribution in [0.4, 0.5) is 11.4 Å². The number of benzene rings is 1. The topological polar surface area (TPSA) is 73.2 Å². The number of amides is 1. The Morgan fingerprint density at radius 1 is 1.13 bits per heavy atom.